The van der Waals surface area contributed by atoms with Gasteiger partial charge in [-0.2, -0.15) is 5.26 Å². The number of nitriles is 1. The maximum absolute atomic E-state index is 9.04. The molecule has 0 amide bonds. The summed E-state index contributed by atoms with van der Waals surface area (Å²) in [5, 5.41) is 10.0. The Kier molecular flexibility index (Phi) is 7.44. The summed E-state index contributed by atoms with van der Waals surface area (Å²) in [4.78, 5) is 4.49. The second-order valence-corrected chi connectivity index (χ2v) is 3.76. The van der Waals surface area contributed by atoms with Gasteiger partial charge in [0.2, 0.25) is 0 Å². The minimum absolute atomic E-state index is 0.709. The van der Waals surface area contributed by atoms with Crippen LogP contribution >= 0.6 is 0 Å². The number of nitrogens with zero attached hydrogens (tertiary/aromatic N) is 2. The van der Waals surface area contributed by atoms with Crippen molar-refractivity contribution in [2.75, 3.05) is 0 Å². The van der Waals surface area contributed by atoms with Crippen molar-refractivity contribution in [2.24, 2.45) is 0 Å². The van der Waals surface area contributed by atoms with E-state index >= 15 is 0 Å². The van der Waals surface area contributed by atoms with E-state index in [9.17, 15) is 0 Å². The number of fused-ring (bicyclic) bond motifs is 1. The molecule has 0 atom stereocenters. The van der Waals surface area contributed by atoms with Crippen molar-refractivity contribution in [3.05, 3.63) is 40.6 Å². The Labute approximate surface area is 117 Å². The van der Waals surface area contributed by atoms with E-state index in [0.717, 1.165) is 22.2 Å². The van der Waals surface area contributed by atoms with Crippen molar-refractivity contribution >= 4 is 10.9 Å². The fraction of sp³-hybridized carbons (Fsp3) is 0.412. The van der Waals surface area contributed by atoms with Crippen molar-refractivity contribution in [1.82, 2.24) is 4.98 Å². The standard InChI is InChI=1S/C13H12N2.2C2H6/c1-8-9(2)13-11(7-14)5-4-6-12(13)15-10(8)3;2*1-2/h4-6H,1-3H3;2*1-2H3. The number of aromatic nitrogens is 1. The number of benzene rings is 1. The zero-order chi connectivity index (χ0) is 15.0. The molecule has 1 aromatic carbocycles. The van der Waals surface area contributed by atoms with Gasteiger partial charge in [-0.15, -0.1) is 0 Å². The molecule has 19 heavy (non-hydrogen) atoms. The summed E-state index contributed by atoms with van der Waals surface area (Å²) in [5.41, 5.74) is 4.99. The molecule has 1 heterocycles. The molecule has 0 aliphatic carbocycles. The second kappa shape index (κ2) is 8.26. The smallest absolute Gasteiger partial charge is 0.0998 e. The Morgan fingerprint density at radius 3 is 2.05 bits per heavy atom. The van der Waals surface area contributed by atoms with Crippen molar-refractivity contribution in [3.8, 4) is 6.07 Å². The van der Waals surface area contributed by atoms with Crippen LogP contribution in [0.2, 0.25) is 0 Å². The average Bonchev–Trinajstić information content (AvgIpc) is 2.48. The molecule has 0 saturated carbocycles. The number of hydrogen-bond acceptors (Lipinski definition) is 2. The van der Waals surface area contributed by atoms with Crippen LogP contribution in [0.25, 0.3) is 10.9 Å². The van der Waals surface area contributed by atoms with Gasteiger partial charge in [-0.25, -0.2) is 0 Å². The van der Waals surface area contributed by atoms with Gasteiger partial charge < -0.3 is 0 Å². The Balaban J connectivity index is 0.000000741. The predicted molar refractivity (Wildman–Crippen MR) is 83.4 cm³/mol. The van der Waals surface area contributed by atoms with Gasteiger partial charge in [0, 0.05) is 11.1 Å². The zero-order valence-corrected chi connectivity index (χ0v) is 13.1. The first-order valence-corrected chi connectivity index (χ1v) is 6.91. The normalized spacial score (nSPS) is 8.74. The van der Waals surface area contributed by atoms with Crippen LogP contribution in [0, 0.1) is 32.1 Å². The SMILES string of the molecule is CC.CC.Cc1nc2cccc(C#N)c2c(C)c1C. The van der Waals surface area contributed by atoms with Crippen LogP contribution in [-0.4, -0.2) is 4.98 Å². The van der Waals surface area contributed by atoms with Crippen LogP contribution < -0.4 is 0 Å². The van der Waals surface area contributed by atoms with Crippen LogP contribution in [0.4, 0.5) is 0 Å². The van der Waals surface area contributed by atoms with E-state index in [2.05, 4.69) is 11.1 Å². The van der Waals surface area contributed by atoms with E-state index in [4.69, 9.17) is 5.26 Å². The average molecular weight is 256 g/mol. The first kappa shape index (κ1) is 17.1. The van der Waals surface area contributed by atoms with Crippen molar-refractivity contribution in [1.29, 1.82) is 5.26 Å². The Morgan fingerprint density at radius 2 is 1.53 bits per heavy atom. The topological polar surface area (TPSA) is 36.7 Å². The van der Waals surface area contributed by atoms with E-state index in [-0.39, 0.29) is 0 Å². The van der Waals surface area contributed by atoms with Gasteiger partial charge in [-0.3, -0.25) is 4.98 Å². The molecule has 102 valence electrons. The molecule has 0 N–H and O–H groups in total. The highest BCUT2D eigenvalue weighted by molar-refractivity contribution is 5.88. The quantitative estimate of drug-likeness (QED) is 0.658. The monoisotopic (exact) mass is 256 g/mol. The summed E-state index contributed by atoms with van der Waals surface area (Å²) in [6, 6.07) is 7.89. The van der Waals surface area contributed by atoms with E-state index in [1.807, 2.05) is 66.7 Å². The molecule has 2 nitrogen and oxygen atoms in total. The van der Waals surface area contributed by atoms with Gasteiger partial charge in [-0.05, 0) is 44.0 Å². The van der Waals surface area contributed by atoms with Crippen LogP contribution in [0.5, 0.6) is 0 Å². The number of aryl methyl sites for hydroxylation is 2. The Morgan fingerprint density at radius 1 is 0.947 bits per heavy atom. The molecule has 0 unspecified atom stereocenters. The molecule has 2 aromatic rings. The first-order chi connectivity index (χ1) is 9.15. The second-order valence-electron chi connectivity index (χ2n) is 3.76. The molecule has 2 heteroatoms. The van der Waals surface area contributed by atoms with Gasteiger partial charge in [0.05, 0.1) is 17.1 Å². The summed E-state index contributed by atoms with van der Waals surface area (Å²) >= 11 is 0. The zero-order valence-electron chi connectivity index (χ0n) is 13.1. The lowest BCUT2D eigenvalue weighted by molar-refractivity contribution is 1.17. The Hall–Kier alpha value is -1.88. The highest BCUT2D eigenvalue weighted by atomic mass is 14.7. The van der Waals surface area contributed by atoms with Gasteiger partial charge in [0.1, 0.15) is 0 Å². The predicted octanol–water partition coefficient (Wildman–Crippen LogP) is 5.08. The summed E-state index contributed by atoms with van der Waals surface area (Å²) < 4.78 is 0. The first-order valence-electron chi connectivity index (χ1n) is 6.91. The molecular formula is C17H24N2. The molecule has 0 bridgehead atoms. The van der Waals surface area contributed by atoms with Crippen LogP contribution in [0.3, 0.4) is 0 Å². The van der Waals surface area contributed by atoms with E-state index < -0.39 is 0 Å². The fourth-order valence-corrected chi connectivity index (χ4v) is 1.84. The lowest BCUT2D eigenvalue weighted by Gasteiger charge is -2.09. The third kappa shape index (κ3) is 3.54. The van der Waals surface area contributed by atoms with Gasteiger partial charge in [-0.1, -0.05) is 33.8 Å². The highest BCUT2D eigenvalue weighted by Crippen LogP contribution is 2.24. The summed E-state index contributed by atoms with van der Waals surface area (Å²) in [5.74, 6) is 0. The van der Waals surface area contributed by atoms with E-state index in [0.29, 0.717) is 5.56 Å². The molecule has 0 radical (unpaired) electrons. The number of rotatable bonds is 0. The summed E-state index contributed by atoms with van der Waals surface area (Å²) in [6.07, 6.45) is 0. The molecule has 0 saturated heterocycles. The molecule has 0 aliphatic heterocycles. The van der Waals surface area contributed by atoms with Crippen LogP contribution in [0.15, 0.2) is 18.2 Å². The fourth-order valence-electron chi connectivity index (χ4n) is 1.84. The summed E-state index contributed by atoms with van der Waals surface area (Å²) in [6.45, 7) is 14.1. The maximum Gasteiger partial charge on any atom is 0.0998 e. The minimum atomic E-state index is 0.709. The largest absolute Gasteiger partial charge is 0.253 e. The third-order valence-corrected chi connectivity index (χ3v) is 2.93. The highest BCUT2D eigenvalue weighted by Gasteiger charge is 2.08. The van der Waals surface area contributed by atoms with Crippen molar-refractivity contribution in [3.63, 3.8) is 0 Å². The van der Waals surface area contributed by atoms with E-state index in [1.165, 1.54) is 5.56 Å². The van der Waals surface area contributed by atoms with Crippen molar-refractivity contribution in [2.45, 2.75) is 48.5 Å². The molecule has 1 aromatic heterocycles. The van der Waals surface area contributed by atoms with Crippen LogP contribution in [0.1, 0.15) is 50.1 Å². The van der Waals surface area contributed by atoms with Gasteiger partial charge >= 0.3 is 0 Å². The molecular weight excluding hydrogens is 232 g/mol. The van der Waals surface area contributed by atoms with E-state index in [1.54, 1.807) is 0 Å². The lowest BCUT2D eigenvalue weighted by Crippen LogP contribution is -1.95. The lowest BCUT2D eigenvalue weighted by atomic mass is 9.99. The summed E-state index contributed by atoms with van der Waals surface area (Å²) in [7, 11) is 0. The van der Waals surface area contributed by atoms with Crippen molar-refractivity contribution < 1.29 is 0 Å². The molecule has 0 aliphatic rings. The van der Waals surface area contributed by atoms with Crippen LogP contribution in [-0.2, 0) is 0 Å². The number of hydrogen-bond donors (Lipinski definition) is 0. The minimum Gasteiger partial charge on any atom is -0.253 e. The van der Waals surface area contributed by atoms with Gasteiger partial charge in [0.25, 0.3) is 0 Å². The maximum atomic E-state index is 9.04. The molecule has 2 rings (SSSR count). The Bertz CT molecular complexity index is 578. The van der Waals surface area contributed by atoms with Gasteiger partial charge in [0.15, 0.2) is 0 Å². The molecule has 0 fully saturated rings. The third-order valence-electron chi connectivity index (χ3n) is 2.93. The number of pyridine rings is 1. The molecule has 0 spiro atoms.